The fraction of sp³-hybridized carbons (Fsp3) is 0.500. The van der Waals surface area contributed by atoms with Gasteiger partial charge in [-0.05, 0) is 14.6 Å². The van der Waals surface area contributed by atoms with E-state index in [-0.39, 0.29) is 0 Å². The third-order valence-corrected chi connectivity index (χ3v) is 1.67. The van der Waals surface area contributed by atoms with E-state index in [2.05, 4.69) is 0 Å². The quantitative estimate of drug-likeness (QED) is 0.416. The summed E-state index contributed by atoms with van der Waals surface area (Å²) in [6, 6.07) is 0. The van der Waals surface area contributed by atoms with Crippen LogP contribution in [0.25, 0.3) is 0 Å². The van der Waals surface area contributed by atoms with Crippen LogP contribution >= 0.6 is 8.20 Å². The van der Waals surface area contributed by atoms with Crippen LogP contribution in [0.4, 0.5) is 0 Å². The molecule has 1 nitrogen and oxygen atoms in total. The average molecular weight is 100 g/mol. The van der Waals surface area contributed by atoms with Crippen LogP contribution in [0.5, 0.6) is 0 Å². The third kappa shape index (κ3) is 0.662. The van der Waals surface area contributed by atoms with Crippen LogP contribution in [-0.4, -0.2) is 11.3 Å². The molecule has 0 unspecified atom stereocenters. The predicted molar refractivity (Wildman–Crippen MR) is 27.2 cm³/mol. The maximum Gasteiger partial charge on any atom is 0.181 e. The molecule has 32 valence electrons. The standard InChI is InChI=1S/C4H5OP/c5-4-2-1-3-6-4/h3H,1-2H2. The van der Waals surface area contributed by atoms with Gasteiger partial charge >= 0.3 is 0 Å². The van der Waals surface area contributed by atoms with Crippen molar-refractivity contribution < 1.29 is 4.79 Å². The van der Waals surface area contributed by atoms with E-state index >= 15 is 0 Å². The first-order valence-electron chi connectivity index (χ1n) is 1.95. The molecule has 6 heavy (non-hydrogen) atoms. The molecule has 1 aliphatic heterocycles. The molecule has 0 saturated carbocycles. The van der Waals surface area contributed by atoms with Crippen molar-refractivity contribution in [3.63, 3.8) is 0 Å². The second-order valence-electron chi connectivity index (χ2n) is 1.24. The molecule has 1 rings (SSSR count). The monoisotopic (exact) mass is 100 g/mol. The zero-order valence-electron chi connectivity index (χ0n) is 3.35. The molecule has 0 spiro atoms. The van der Waals surface area contributed by atoms with Crippen LogP contribution in [0.15, 0.2) is 0 Å². The topological polar surface area (TPSA) is 17.1 Å². The Morgan fingerprint density at radius 3 is 2.83 bits per heavy atom. The Bertz CT molecular complexity index is 95.7. The summed E-state index contributed by atoms with van der Waals surface area (Å²) in [4.78, 5) is 10.2. The number of rotatable bonds is 0. The van der Waals surface area contributed by atoms with Gasteiger partial charge in [0.15, 0.2) is 5.52 Å². The predicted octanol–water partition coefficient (Wildman–Crippen LogP) is 1.06. The number of carbonyl (C=O) groups excluding carboxylic acids is 1. The van der Waals surface area contributed by atoms with Crippen molar-refractivity contribution >= 4 is 19.5 Å². The Morgan fingerprint density at radius 1 is 1.83 bits per heavy atom. The summed E-state index contributed by atoms with van der Waals surface area (Å²) in [5.74, 6) is 2.00. The average Bonchev–Trinajstić information content (AvgIpc) is 1.86. The van der Waals surface area contributed by atoms with Gasteiger partial charge in [-0.3, -0.25) is 4.79 Å². The minimum atomic E-state index is 0.370. The Labute approximate surface area is 38.2 Å². The summed E-state index contributed by atoms with van der Waals surface area (Å²) in [7, 11) is 0.926. The lowest BCUT2D eigenvalue weighted by atomic mass is 10.4. The molecule has 0 aromatic carbocycles. The summed E-state index contributed by atoms with van der Waals surface area (Å²) >= 11 is 0. The molecule has 0 atom stereocenters. The maximum atomic E-state index is 10.2. The summed E-state index contributed by atoms with van der Waals surface area (Å²) in [6.45, 7) is 0. The lowest BCUT2D eigenvalue weighted by Crippen LogP contribution is -1.74. The van der Waals surface area contributed by atoms with Crippen LogP contribution in [-0.2, 0) is 4.79 Å². The van der Waals surface area contributed by atoms with Crippen molar-refractivity contribution in [3.05, 3.63) is 0 Å². The first-order chi connectivity index (χ1) is 2.89. The van der Waals surface area contributed by atoms with E-state index in [0.717, 1.165) is 21.0 Å². The van der Waals surface area contributed by atoms with E-state index in [4.69, 9.17) is 0 Å². The van der Waals surface area contributed by atoms with E-state index in [1.165, 1.54) is 0 Å². The molecule has 0 saturated heterocycles. The highest BCUT2D eigenvalue weighted by Crippen LogP contribution is 2.10. The van der Waals surface area contributed by atoms with Gasteiger partial charge in [0.2, 0.25) is 0 Å². The molecule has 1 aliphatic rings. The minimum absolute atomic E-state index is 0.370. The van der Waals surface area contributed by atoms with Gasteiger partial charge in [0, 0.05) is 6.42 Å². The van der Waals surface area contributed by atoms with Gasteiger partial charge < -0.3 is 0 Å². The van der Waals surface area contributed by atoms with E-state index in [1.807, 2.05) is 5.80 Å². The van der Waals surface area contributed by atoms with Crippen molar-refractivity contribution in [2.24, 2.45) is 0 Å². The van der Waals surface area contributed by atoms with Crippen molar-refractivity contribution in [2.75, 3.05) is 0 Å². The number of hydrogen-bond acceptors (Lipinski definition) is 1. The molecule has 0 aromatic rings. The normalized spacial score (nSPS) is 22.3. The molecular formula is C4H5OP. The minimum Gasteiger partial charge on any atom is -0.290 e. The lowest BCUT2D eigenvalue weighted by Gasteiger charge is -1.70. The highest BCUT2D eigenvalue weighted by Gasteiger charge is 1.99. The number of hydrogen-bond donors (Lipinski definition) is 0. The van der Waals surface area contributed by atoms with Gasteiger partial charge in [0.05, 0.1) is 0 Å². The fourth-order valence-corrected chi connectivity index (χ4v) is 1.14. The van der Waals surface area contributed by atoms with Crippen molar-refractivity contribution in [1.82, 2.24) is 0 Å². The fourth-order valence-electron chi connectivity index (χ4n) is 0.419. The summed E-state index contributed by atoms with van der Waals surface area (Å²) in [6.07, 6.45) is 1.78. The molecular weight excluding hydrogens is 95.0 g/mol. The van der Waals surface area contributed by atoms with E-state index in [1.54, 1.807) is 0 Å². The molecule has 0 radical (unpaired) electrons. The van der Waals surface area contributed by atoms with Crippen LogP contribution in [0.3, 0.4) is 0 Å². The van der Waals surface area contributed by atoms with Gasteiger partial charge in [-0.1, -0.05) is 5.80 Å². The molecule has 0 N–H and O–H groups in total. The van der Waals surface area contributed by atoms with Gasteiger partial charge in [-0.2, -0.15) is 0 Å². The SMILES string of the molecule is O=C1CCC=P1. The Hall–Kier alpha value is -0.160. The molecule has 0 aliphatic carbocycles. The van der Waals surface area contributed by atoms with E-state index in [0.29, 0.717) is 5.52 Å². The van der Waals surface area contributed by atoms with Gasteiger partial charge in [-0.25, -0.2) is 0 Å². The zero-order valence-corrected chi connectivity index (χ0v) is 4.24. The van der Waals surface area contributed by atoms with Crippen LogP contribution in [0.2, 0.25) is 0 Å². The first kappa shape index (κ1) is 4.01. The molecule has 0 bridgehead atoms. The smallest absolute Gasteiger partial charge is 0.181 e. The summed E-state index contributed by atoms with van der Waals surface area (Å²) in [5, 5.41) is 0. The largest absolute Gasteiger partial charge is 0.290 e. The first-order valence-corrected chi connectivity index (χ1v) is 2.91. The van der Waals surface area contributed by atoms with Gasteiger partial charge in [0.25, 0.3) is 0 Å². The van der Waals surface area contributed by atoms with E-state index < -0.39 is 0 Å². The molecule has 2 heteroatoms. The summed E-state index contributed by atoms with van der Waals surface area (Å²) in [5.41, 5.74) is 0.370. The second-order valence-corrected chi connectivity index (χ2v) is 2.37. The molecule has 1 heterocycles. The highest BCUT2D eigenvalue weighted by atomic mass is 31.1. The lowest BCUT2D eigenvalue weighted by molar-refractivity contribution is -0.110. The highest BCUT2D eigenvalue weighted by molar-refractivity contribution is 7.58. The summed E-state index contributed by atoms with van der Waals surface area (Å²) < 4.78 is 0. The Kier molecular flexibility index (Phi) is 1.02. The van der Waals surface area contributed by atoms with Gasteiger partial charge in [-0.15, -0.1) is 0 Å². The van der Waals surface area contributed by atoms with Crippen molar-refractivity contribution in [3.8, 4) is 0 Å². The maximum absolute atomic E-state index is 10.2. The Morgan fingerprint density at radius 2 is 2.67 bits per heavy atom. The third-order valence-electron chi connectivity index (χ3n) is 0.723. The van der Waals surface area contributed by atoms with Crippen molar-refractivity contribution in [2.45, 2.75) is 12.8 Å². The van der Waals surface area contributed by atoms with Crippen LogP contribution in [0, 0.1) is 0 Å². The molecule has 0 aromatic heterocycles. The van der Waals surface area contributed by atoms with Crippen LogP contribution in [0.1, 0.15) is 12.8 Å². The Balaban J connectivity index is 2.59. The molecule has 0 amide bonds. The number of carbonyl (C=O) groups is 1. The second kappa shape index (κ2) is 1.53. The van der Waals surface area contributed by atoms with Crippen LogP contribution < -0.4 is 0 Å². The molecule has 0 fully saturated rings. The van der Waals surface area contributed by atoms with E-state index in [9.17, 15) is 4.79 Å². The van der Waals surface area contributed by atoms with Gasteiger partial charge in [0.1, 0.15) is 0 Å². The zero-order chi connectivity index (χ0) is 4.41. The van der Waals surface area contributed by atoms with Crippen molar-refractivity contribution in [1.29, 1.82) is 0 Å².